The number of hydrogen-bond donors (Lipinski definition) is 2. The SMILES string of the molecule is CC1CC(NC(=O)[C@@H]2CCCN2)C1. The van der Waals surface area contributed by atoms with Crippen LogP contribution in [-0.4, -0.2) is 24.5 Å². The van der Waals surface area contributed by atoms with Crippen LogP contribution in [0.3, 0.4) is 0 Å². The van der Waals surface area contributed by atoms with Crippen LogP contribution < -0.4 is 10.6 Å². The molecule has 74 valence electrons. The summed E-state index contributed by atoms with van der Waals surface area (Å²) < 4.78 is 0. The van der Waals surface area contributed by atoms with Crippen molar-refractivity contribution in [1.29, 1.82) is 0 Å². The molecule has 13 heavy (non-hydrogen) atoms. The molecule has 1 amide bonds. The molecule has 1 aliphatic carbocycles. The van der Waals surface area contributed by atoms with Crippen molar-refractivity contribution in [3.63, 3.8) is 0 Å². The zero-order valence-electron chi connectivity index (χ0n) is 8.18. The minimum Gasteiger partial charge on any atom is -0.352 e. The van der Waals surface area contributed by atoms with Crippen LogP contribution in [0.5, 0.6) is 0 Å². The first-order valence-corrected chi connectivity index (χ1v) is 5.29. The standard InChI is InChI=1S/C10H18N2O/c1-7-5-8(6-7)12-10(13)9-3-2-4-11-9/h7-9,11H,2-6H2,1H3,(H,12,13)/t7?,8?,9-/m0/s1. The predicted molar refractivity (Wildman–Crippen MR) is 51.4 cm³/mol. The lowest BCUT2D eigenvalue weighted by molar-refractivity contribution is -0.124. The van der Waals surface area contributed by atoms with Crippen LogP contribution in [0, 0.1) is 5.92 Å². The number of nitrogens with one attached hydrogen (secondary N) is 2. The fraction of sp³-hybridized carbons (Fsp3) is 0.900. The smallest absolute Gasteiger partial charge is 0.237 e. The van der Waals surface area contributed by atoms with Gasteiger partial charge in [0.25, 0.3) is 0 Å². The quantitative estimate of drug-likeness (QED) is 0.658. The van der Waals surface area contributed by atoms with Crippen molar-refractivity contribution in [3.05, 3.63) is 0 Å². The van der Waals surface area contributed by atoms with Gasteiger partial charge in [-0.3, -0.25) is 4.79 Å². The Labute approximate surface area is 79.3 Å². The molecule has 2 rings (SSSR count). The molecule has 3 nitrogen and oxygen atoms in total. The first-order valence-electron chi connectivity index (χ1n) is 5.29. The van der Waals surface area contributed by atoms with Crippen LogP contribution in [0.2, 0.25) is 0 Å². The summed E-state index contributed by atoms with van der Waals surface area (Å²) in [5.74, 6) is 1.02. The van der Waals surface area contributed by atoms with Crippen LogP contribution in [0.15, 0.2) is 0 Å². The lowest BCUT2D eigenvalue weighted by Crippen LogP contribution is -2.49. The molecule has 0 bridgehead atoms. The molecule has 0 radical (unpaired) electrons. The van der Waals surface area contributed by atoms with Gasteiger partial charge in [0.05, 0.1) is 6.04 Å². The second-order valence-electron chi connectivity index (χ2n) is 4.43. The lowest BCUT2D eigenvalue weighted by Gasteiger charge is -2.34. The second-order valence-corrected chi connectivity index (χ2v) is 4.43. The van der Waals surface area contributed by atoms with Gasteiger partial charge in [0, 0.05) is 6.04 Å². The average molecular weight is 182 g/mol. The number of amides is 1. The van der Waals surface area contributed by atoms with Gasteiger partial charge in [0.1, 0.15) is 0 Å². The monoisotopic (exact) mass is 182 g/mol. The van der Waals surface area contributed by atoms with E-state index in [1.165, 1.54) is 12.8 Å². The summed E-state index contributed by atoms with van der Waals surface area (Å²) in [6.07, 6.45) is 4.48. The molecule has 1 aliphatic heterocycles. The van der Waals surface area contributed by atoms with Gasteiger partial charge in [-0.05, 0) is 38.1 Å². The Balaban J connectivity index is 1.72. The zero-order chi connectivity index (χ0) is 9.26. The fourth-order valence-corrected chi connectivity index (χ4v) is 2.23. The van der Waals surface area contributed by atoms with Crippen molar-refractivity contribution < 1.29 is 4.79 Å². The molecule has 3 heteroatoms. The average Bonchev–Trinajstić information content (AvgIpc) is 2.53. The minimum absolute atomic E-state index is 0.0934. The highest BCUT2D eigenvalue weighted by atomic mass is 16.2. The highest BCUT2D eigenvalue weighted by Crippen LogP contribution is 2.26. The van der Waals surface area contributed by atoms with Crippen molar-refractivity contribution in [2.75, 3.05) is 6.54 Å². The Morgan fingerprint density at radius 2 is 2.23 bits per heavy atom. The fourth-order valence-electron chi connectivity index (χ4n) is 2.23. The van der Waals surface area contributed by atoms with Gasteiger partial charge in [-0.25, -0.2) is 0 Å². The van der Waals surface area contributed by atoms with E-state index in [9.17, 15) is 4.79 Å². The Morgan fingerprint density at radius 3 is 2.77 bits per heavy atom. The van der Waals surface area contributed by atoms with Gasteiger partial charge in [0.2, 0.25) is 5.91 Å². The van der Waals surface area contributed by atoms with Crippen LogP contribution in [0.1, 0.15) is 32.6 Å². The lowest BCUT2D eigenvalue weighted by atomic mass is 9.82. The van der Waals surface area contributed by atoms with Crippen LogP contribution in [0.25, 0.3) is 0 Å². The van der Waals surface area contributed by atoms with E-state index in [-0.39, 0.29) is 11.9 Å². The molecule has 1 heterocycles. The second kappa shape index (κ2) is 3.66. The van der Waals surface area contributed by atoms with Crippen molar-refractivity contribution >= 4 is 5.91 Å². The highest BCUT2D eigenvalue weighted by Gasteiger charge is 2.29. The van der Waals surface area contributed by atoms with Gasteiger partial charge in [-0.15, -0.1) is 0 Å². The van der Waals surface area contributed by atoms with E-state index in [2.05, 4.69) is 17.6 Å². The number of hydrogen-bond acceptors (Lipinski definition) is 2. The summed E-state index contributed by atoms with van der Waals surface area (Å²) in [7, 11) is 0. The van der Waals surface area contributed by atoms with E-state index < -0.39 is 0 Å². The summed E-state index contributed by atoms with van der Waals surface area (Å²) in [5, 5.41) is 6.30. The van der Waals surface area contributed by atoms with Gasteiger partial charge >= 0.3 is 0 Å². The van der Waals surface area contributed by atoms with Crippen molar-refractivity contribution in [2.24, 2.45) is 5.92 Å². The molecule has 0 aromatic heterocycles. The molecule has 0 aromatic carbocycles. The molecule has 1 saturated carbocycles. The molecule has 1 saturated heterocycles. The largest absolute Gasteiger partial charge is 0.352 e. The normalized spacial score (nSPS) is 38.4. The maximum Gasteiger partial charge on any atom is 0.237 e. The summed E-state index contributed by atoms with van der Waals surface area (Å²) in [5.41, 5.74) is 0. The third-order valence-corrected chi connectivity index (χ3v) is 3.10. The number of carbonyl (C=O) groups excluding carboxylic acids is 1. The Kier molecular flexibility index (Phi) is 2.54. The molecular weight excluding hydrogens is 164 g/mol. The number of rotatable bonds is 2. The van der Waals surface area contributed by atoms with Crippen LogP contribution >= 0.6 is 0 Å². The van der Waals surface area contributed by atoms with Gasteiger partial charge in [-0.2, -0.15) is 0 Å². The molecular formula is C10H18N2O. The van der Waals surface area contributed by atoms with E-state index >= 15 is 0 Å². The molecule has 0 unspecified atom stereocenters. The number of carbonyl (C=O) groups is 1. The summed E-state index contributed by atoms with van der Waals surface area (Å²) in [4.78, 5) is 11.6. The van der Waals surface area contributed by atoms with Crippen molar-refractivity contribution in [2.45, 2.75) is 44.7 Å². The molecule has 2 aliphatic rings. The molecule has 2 N–H and O–H groups in total. The maximum absolute atomic E-state index is 11.6. The minimum atomic E-state index is 0.0934. The molecule has 2 fully saturated rings. The molecule has 1 atom stereocenters. The maximum atomic E-state index is 11.6. The highest BCUT2D eigenvalue weighted by molar-refractivity contribution is 5.82. The summed E-state index contributed by atoms with van der Waals surface area (Å²) in [6.45, 7) is 3.23. The van der Waals surface area contributed by atoms with Gasteiger partial charge < -0.3 is 10.6 Å². The molecule has 0 aromatic rings. The van der Waals surface area contributed by atoms with Gasteiger partial charge in [0.15, 0.2) is 0 Å². The first-order chi connectivity index (χ1) is 6.25. The van der Waals surface area contributed by atoms with E-state index in [0.29, 0.717) is 6.04 Å². The Bertz CT molecular complexity index is 193. The van der Waals surface area contributed by atoms with E-state index in [0.717, 1.165) is 25.3 Å². The van der Waals surface area contributed by atoms with Crippen LogP contribution in [0.4, 0.5) is 0 Å². The van der Waals surface area contributed by atoms with Crippen molar-refractivity contribution in [3.8, 4) is 0 Å². The van der Waals surface area contributed by atoms with E-state index in [4.69, 9.17) is 0 Å². The first kappa shape index (κ1) is 9.00. The summed E-state index contributed by atoms with van der Waals surface area (Å²) >= 11 is 0. The Hall–Kier alpha value is -0.570. The predicted octanol–water partition coefficient (Wildman–Crippen LogP) is 0.653. The van der Waals surface area contributed by atoms with E-state index in [1.54, 1.807) is 0 Å². The third-order valence-electron chi connectivity index (χ3n) is 3.10. The van der Waals surface area contributed by atoms with E-state index in [1.807, 2.05) is 0 Å². The summed E-state index contributed by atoms with van der Waals surface area (Å²) in [6, 6.07) is 0.556. The zero-order valence-corrected chi connectivity index (χ0v) is 8.18. The Morgan fingerprint density at radius 1 is 1.46 bits per heavy atom. The van der Waals surface area contributed by atoms with Crippen LogP contribution in [-0.2, 0) is 4.79 Å². The van der Waals surface area contributed by atoms with Gasteiger partial charge in [-0.1, -0.05) is 6.92 Å². The topological polar surface area (TPSA) is 41.1 Å². The van der Waals surface area contributed by atoms with Crippen molar-refractivity contribution in [1.82, 2.24) is 10.6 Å². The third kappa shape index (κ3) is 2.02. The molecule has 0 spiro atoms.